The molecule has 30 heavy (non-hydrogen) atoms. The summed E-state index contributed by atoms with van der Waals surface area (Å²) in [6.07, 6.45) is 2.29. The predicted octanol–water partition coefficient (Wildman–Crippen LogP) is 0.678. The largest absolute Gasteiger partial charge is 0.465 e. The normalized spacial score (nSPS) is 24.4. The minimum Gasteiger partial charge on any atom is -0.465 e. The number of hydrogen-bond donors (Lipinski definition) is 2. The first-order valence-corrected chi connectivity index (χ1v) is 10.6. The number of carbonyl (C=O) groups is 1. The quantitative estimate of drug-likeness (QED) is 0.715. The Balaban J connectivity index is 1.56. The van der Waals surface area contributed by atoms with Crippen molar-refractivity contribution in [3.8, 4) is 12.1 Å². The first-order chi connectivity index (χ1) is 14.6. The summed E-state index contributed by atoms with van der Waals surface area (Å²) >= 11 is 0. The smallest absolute Gasteiger partial charge is 0.407 e. The Morgan fingerprint density at radius 3 is 2.93 bits per heavy atom. The van der Waals surface area contributed by atoms with Gasteiger partial charge in [0.1, 0.15) is 12.4 Å². The fourth-order valence-corrected chi connectivity index (χ4v) is 4.58. The van der Waals surface area contributed by atoms with Gasteiger partial charge in [-0.2, -0.15) is 15.2 Å². The van der Waals surface area contributed by atoms with E-state index < -0.39 is 6.09 Å². The van der Waals surface area contributed by atoms with E-state index in [0.717, 1.165) is 43.0 Å². The number of aromatic nitrogens is 2. The monoisotopic (exact) mass is 415 g/mol. The second-order valence-corrected chi connectivity index (χ2v) is 8.21. The summed E-state index contributed by atoms with van der Waals surface area (Å²) < 4.78 is 6.02. The lowest BCUT2D eigenvalue weighted by Crippen LogP contribution is -2.55. The number of carboxylic acid groups (broad SMARTS) is 1. The van der Waals surface area contributed by atoms with Crippen LogP contribution in [0.25, 0.3) is 0 Å². The molecule has 3 aliphatic rings. The van der Waals surface area contributed by atoms with Crippen LogP contribution in [0.5, 0.6) is 6.01 Å². The van der Waals surface area contributed by atoms with Crippen molar-refractivity contribution in [1.82, 2.24) is 25.1 Å². The molecule has 2 saturated heterocycles. The second-order valence-electron chi connectivity index (χ2n) is 8.21. The summed E-state index contributed by atoms with van der Waals surface area (Å²) in [6.45, 7) is 4.50. The molecule has 0 saturated carbocycles. The number of likely N-dealkylation sites (N-methyl/N-ethyl adjacent to an activating group) is 1. The molecule has 1 aromatic heterocycles. The molecule has 10 heteroatoms. The van der Waals surface area contributed by atoms with E-state index in [-0.39, 0.29) is 12.5 Å². The van der Waals surface area contributed by atoms with Crippen molar-refractivity contribution in [2.75, 3.05) is 51.3 Å². The summed E-state index contributed by atoms with van der Waals surface area (Å²) in [4.78, 5) is 26.7. The van der Waals surface area contributed by atoms with Crippen LogP contribution >= 0.6 is 0 Å². The Morgan fingerprint density at radius 1 is 1.33 bits per heavy atom. The molecule has 0 radical (unpaired) electrons. The van der Waals surface area contributed by atoms with E-state index in [9.17, 15) is 9.90 Å². The fourth-order valence-electron chi connectivity index (χ4n) is 4.58. The van der Waals surface area contributed by atoms with Gasteiger partial charge in [0.2, 0.25) is 0 Å². The summed E-state index contributed by atoms with van der Waals surface area (Å²) in [7, 11) is 2.11. The number of ether oxygens (including phenoxy) is 1. The van der Waals surface area contributed by atoms with Gasteiger partial charge in [-0.15, -0.1) is 0 Å². The molecule has 162 valence electrons. The third-order valence-electron chi connectivity index (χ3n) is 6.33. The average Bonchev–Trinajstić information content (AvgIpc) is 3.16. The molecule has 0 aromatic carbocycles. The van der Waals surface area contributed by atoms with Gasteiger partial charge in [0.25, 0.3) is 0 Å². The maximum absolute atomic E-state index is 11.5. The van der Waals surface area contributed by atoms with Gasteiger partial charge < -0.3 is 29.9 Å². The van der Waals surface area contributed by atoms with Crippen LogP contribution in [0, 0.1) is 11.3 Å². The van der Waals surface area contributed by atoms with Crippen LogP contribution in [0.15, 0.2) is 0 Å². The zero-order valence-electron chi connectivity index (χ0n) is 17.4. The van der Waals surface area contributed by atoms with Gasteiger partial charge in [-0.1, -0.05) is 0 Å². The lowest BCUT2D eigenvalue weighted by atomic mass is 10.0. The van der Waals surface area contributed by atoms with Crippen LogP contribution in [0.2, 0.25) is 0 Å². The zero-order chi connectivity index (χ0) is 21.1. The molecule has 3 aliphatic heterocycles. The summed E-state index contributed by atoms with van der Waals surface area (Å²) in [5, 5.41) is 22.0. The standard InChI is InChI=1S/C20H29N7O3/c1-25-8-2-3-15(25)13-30-19-23-17-11-22-7-5-16(17)18(24-19)26-9-10-27(20(28)29)14(12-26)4-6-21/h14-15,22H,2-5,7-13H2,1H3,(H,28,29)/t14-,15-/m0/s1. The zero-order valence-corrected chi connectivity index (χ0v) is 17.4. The third kappa shape index (κ3) is 4.27. The lowest BCUT2D eigenvalue weighted by Gasteiger charge is -2.40. The molecule has 0 aliphatic carbocycles. The Hall–Kier alpha value is -2.64. The first-order valence-electron chi connectivity index (χ1n) is 10.6. The molecular weight excluding hydrogens is 386 g/mol. The topological polar surface area (TPSA) is 118 Å². The van der Waals surface area contributed by atoms with Crippen molar-refractivity contribution < 1.29 is 14.6 Å². The highest BCUT2D eigenvalue weighted by atomic mass is 16.5. The lowest BCUT2D eigenvalue weighted by molar-refractivity contribution is 0.119. The number of likely N-dealkylation sites (tertiary alicyclic amines) is 1. The fraction of sp³-hybridized carbons (Fsp3) is 0.700. The van der Waals surface area contributed by atoms with Crippen LogP contribution in [-0.4, -0.2) is 89.4 Å². The van der Waals surface area contributed by atoms with Crippen molar-refractivity contribution in [2.45, 2.75) is 44.3 Å². The Labute approximate surface area is 176 Å². The molecular formula is C20H29N7O3. The van der Waals surface area contributed by atoms with Gasteiger partial charge in [0, 0.05) is 37.8 Å². The number of amides is 1. The molecule has 4 heterocycles. The molecule has 1 amide bonds. The average molecular weight is 415 g/mol. The molecule has 2 N–H and O–H groups in total. The minimum absolute atomic E-state index is 0.162. The van der Waals surface area contributed by atoms with Crippen LogP contribution in [0.4, 0.5) is 10.6 Å². The van der Waals surface area contributed by atoms with Crippen LogP contribution < -0.4 is 15.0 Å². The Kier molecular flexibility index (Phi) is 6.20. The number of nitrogens with one attached hydrogen (secondary N) is 1. The van der Waals surface area contributed by atoms with Crippen molar-refractivity contribution in [2.24, 2.45) is 0 Å². The van der Waals surface area contributed by atoms with E-state index >= 15 is 0 Å². The van der Waals surface area contributed by atoms with Crippen LogP contribution in [-0.2, 0) is 13.0 Å². The van der Waals surface area contributed by atoms with Gasteiger partial charge >= 0.3 is 12.1 Å². The van der Waals surface area contributed by atoms with Crippen LogP contribution in [0.1, 0.15) is 30.5 Å². The van der Waals surface area contributed by atoms with E-state index in [4.69, 9.17) is 15.0 Å². The molecule has 1 aromatic rings. The maximum Gasteiger partial charge on any atom is 0.407 e. The predicted molar refractivity (Wildman–Crippen MR) is 110 cm³/mol. The number of nitriles is 1. The molecule has 4 rings (SSSR count). The van der Waals surface area contributed by atoms with Gasteiger partial charge in [-0.25, -0.2) is 4.79 Å². The second kappa shape index (κ2) is 9.02. The Morgan fingerprint density at radius 2 is 2.20 bits per heavy atom. The number of anilines is 1. The third-order valence-corrected chi connectivity index (χ3v) is 6.33. The maximum atomic E-state index is 11.5. The van der Waals surface area contributed by atoms with E-state index in [1.807, 2.05) is 0 Å². The van der Waals surface area contributed by atoms with Gasteiger partial charge in [-0.05, 0) is 39.4 Å². The van der Waals surface area contributed by atoms with Gasteiger partial charge in [0.15, 0.2) is 0 Å². The minimum atomic E-state index is -0.978. The van der Waals surface area contributed by atoms with Crippen LogP contribution in [0.3, 0.4) is 0 Å². The number of hydrogen-bond acceptors (Lipinski definition) is 8. The molecule has 0 unspecified atom stereocenters. The van der Waals surface area contributed by atoms with E-state index in [1.165, 1.54) is 11.3 Å². The van der Waals surface area contributed by atoms with Crippen molar-refractivity contribution >= 4 is 11.9 Å². The number of nitrogens with zero attached hydrogens (tertiary/aromatic N) is 6. The molecule has 2 atom stereocenters. The Bertz CT molecular complexity index is 827. The van der Waals surface area contributed by atoms with Gasteiger partial charge in [0.05, 0.1) is 24.2 Å². The molecule has 2 fully saturated rings. The first kappa shape index (κ1) is 20.6. The van der Waals surface area contributed by atoms with E-state index in [0.29, 0.717) is 44.8 Å². The van der Waals surface area contributed by atoms with Gasteiger partial charge in [-0.3, -0.25) is 0 Å². The highest BCUT2D eigenvalue weighted by molar-refractivity contribution is 5.66. The van der Waals surface area contributed by atoms with E-state index in [2.05, 4.69) is 33.2 Å². The summed E-state index contributed by atoms with van der Waals surface area (Å²) in [5.74, 6) is 0.823. The number of rotatable bonds is 5. The highest BCUT2D eigenvalue weighted by Crippen LogP contribution is 2.29. The molecule has 0 bridgehead atoms. The van der Waals surface area contributed by atoms with Crippen molar-refractivity contribution in [3.63, 3.8) is 0 Å². The number of piperazine rings is 1. The highest BCUT2D eigenvalue weighted by Gasteiger charge is 2.33. The SMILES string of the molecule is CN1CCC[C@H]1COc1nc2c(c(N3CCN(C(=O)O)[C@@H](CC#N)C3)n1)CCNC2. The molecule has 0 spiro atoms. The van der Waals surface area contributed by atoms with Crippen molar-refractivity contribution in [1.29, 1.82) is 5.26 Å². The molecule has 10 nitrogen and oxygen atoms in total. The van der Waals surface area contributed by atoms with Crippen molar-refractivity contribution in [3.05, 3.63) is 11.3 Å². The summed E-state index contributed by atoms with van der Waals surface area (Å²) in [6, 6.07) is 2.51. The number of fused-ring (bicyclic) bond motifs is 1. The summed E-state index contributed by atoms with van der Waals surface area (Å²) in [5.41, 5.74) is 2.04. The van der Waals surface area contributed by atoms with E-state index in [1.54, 1.807) is 0 Å².